The fourth-order valence-electron chi connectivity index (χ4n) is 3.63. The fraction of sp³-hybridized carbons (Fsp3) is 0.500. The van der Waals surface area contributed by atoms with Gasteiger partial charge in [-0.05, 0) is 50.9 Å². The Balaban J connectivity index is 1.75. The van der Waals surface area contributed by atoms with Gasteiger partial charge in [-0.25, -0.2) is 4.68 Å². The first-order valence-electron chi connectivity index (χ1n) is 9.77. The number of hydrogen-bond donors (Lipinski definition) is 3. The number of fused-ring (bicyclic) bond motifs is 1. The number of carbonyl (C=O) groups is 1. The van der Waals surface area contributed by atoms with E-state index in [1.54, 1.807) is 24.3 Å². The molecule has 2 atom stereocenters. The third kappa shape index (κ3) is 4.32. The standard InChI is InChI=1S/C20H27N5O2S/c1-12(2)25-19(27)15-10-6-5-9-14(15)17(24-25)18(26)22-23-20(28)21-16-11-7-4-8-13(16)3/h5-6,9-10,12-13,16H,4,7-8,11H2,1-3H3,(H,22,26)(H2,21,23,28)/t13-,16-/m1/s1. The summed E-state index contributed by atoms with van der Waals surface area (Å²) in [6.45, 7) is 5.92. The van der Waals surface area contributed by atoms with E-state index >= 15 is 0 Å². The number of rotatable bonds is 3. The van der Waals surface area contributed by atoms with Gasteiger partial charge in [0.15, 0.2) is 10.8 Å². The predicted molar refractivity (Wildman–Crippen MR) is 114 cm³/mol. The Morgan fingerprint density at radius 1 is 1.18 bits per heavy atom. The molecule has 0 radical (unpaired) electrons. The first kappa shape index (κ1) is 20.3. The van der Waals surface area contributed by atoms with Crippen LogP contribution in [0.1, 0.15) is 63.0 Å². The zero-order valence-corrected chi connectivity index (χ0v) is 17.3. The van der Waals surface area contributed by atoms with Gasteiger partial charge in [0.2, 0.25) is 0 Å². The molecule has 2 aromatic rings. The van der Waals surface area contributed by atoms with E-state index in [0.29, 0.717) is 27.8 Å². The summed E-state index contributed by atoms with van der Waals surface area (Å²) >= 11 is 5.33. The summed E-state index contributed by atoms with van der Waals surface area (Å²) in [5.74, 6) is 0.107. The van der Waals surface area contributed by atoms with Crippen molar-refractivity contribution in [1.29, 1.82) is 0 Å². The molecule has 0 unspecified atom stereocenters. The van der Waals surface area contributed by atoms with Gasteiger partial charge in [0.05, 0.1) is 11.4 Å². The Morgan fingerprint density at radius 3 is 2.54 bits per heavy atom. The highest BCUT2D eigenvalue weighted by molar-refractivity contribution is 7.80. The third-order valence-electron chi connectivity index (χ3n) is 5.25. The van der Waals surface area contributed by atoms with Crippen LogP contribution in [0.4, 0.5) is 0 Å². The SMILES string of the molecule is CC(C)n1nc(C(=O)NNC(=S)N[C@@H]2CCCC[C@H]2C)c2ccccc2c1=O. The molecule has 1 aliphatic rings. The molecule has 1 aliphatic carbocycles. The number of hydrazine groups is 1. The molecule has 1 aromatic carbocycles. The molecule has 0 bridgehead atoms. The lowest BCUT2D eigenvalue weighted by Gasteiger charge is -2.30. The number of benzene rings is 1. The van der Waals surface area contributed by atoms with Gasteiger partial charge >= 0.3 is 0 Å². The van der Waals surface area contributed by atoms with E-state index in [-0.39, 0.29) is 17.3 Å². The van der Waals surface area contributed by atoms with E-state index in [2.05, 4.69) is 28.2 Å². The van der Waals surface area contributed by atoms with Crippen molar-refractivity contribution in [2.24, 2.45) is 5.92 Å². The molecule has 1 fully saturated rings. The Labute approximate surface area is 169 Å². The molecule has 0 aliphatic heterocycles. The van der Waals surface area contributed by atoms with Crippen molar-refractivity contribution in [1.82, 2.24) is 25.9 Å². The molecule has 0 saturated heterocycles. The van der Waals surface area contributed by atoms with Gasteiger partial charge in [-0.15, -0.1) is 0 Å². The second-order valence-electron chi connectivity index (χ2n) is 7.66. The lowest BCUT2D eigenvalue weighted by molar-refractivity contribution is 0.0937. The maximum Gasteiger partial charge on any atom is 0.290 e. The lowest BCUT2D eigenvalue weighted by Crippen LogP contribution is -2.51. The van der Waals surface area contributed by atoms with Gasteiger partial charge in [0.1, 0.15) is 0 Å². The average molecular weight is 402 g/mol. The summed E-state index contributed by atoms with van der Waals surface area (Å²) in [6.07, 6.45) is 4.69. The van der Waals surface area contributed by atoms with E-state index in [4.69, 9.17) is 12.2 Å². The summed E-state index contributed by atoms with van der Waals surface area (Å²) in [6, 6.07) is 7.14. The van der Waals surface area contributed by atoms with Crippen molar-refractivity contribution in [2.45, 2.75) is 58.5 Å². The molecule has 8 heteroatoms. The maximum atomic E-state index is 12.8. The Hall–Kier alpha value is -2.48. The van der Waals surface area contributed by atoms with Gasteiger partial charge in [-0.2, -0.15) is 5.10 Å². The molecular formula is C20H27N5O2S. The molecule has 1 amide bonds. The molecule has 1 saturated carbocycles. The normalized spacial score (nSPS) is 19.4. The van der Waals surface area contributed by atoms with Gasteiger partial charge in [-0.1, -0.05) is 38.0 Å². The average Bonchev–Trinajstić information content (AvgIpc) is 2.68. The molecule has 7 nitrogen and oxygen atoms in total. The van der Waals surface area contributed by atoms with Crippen molar-refractivity contribution < 1.29 is 4.79 Å². The minimum atomic E-state index is -0.438. The minimum Gasteiger partial charge on any atom is -0.358 e. The quantitative estimate of drug-likeness (QED) is 0.541. The fourth-order valence-corrected chi connectivity index (χ4v) is 3.83. The summed E-state index contributed by atoms with van der Waals surface area (Å²) in [4.78, 5) is 25.4. The highest BCUT2D eigenvalue weighted by Crippen LogP contribution is 2.23. The van der Waals surface area contributed by atoms with E-state index in [1.165, 1.54) is 23.9 Å². The number of thiocarbonyl (C=S) groups is 1. The third-order valence-corrected chi connectivity index (χ3v) is 5.47. The van der Waals surface area contributed by atoms with Crippen LogP contribution in [0.2, 0.25) is 0 Å². The van der Waals surface area contributed by atoms with Crippen molar-refractivity contribution >= 4 is 34.0 Å². The summed E-state index contributed by atoms with van der Waals surface area (Å²) < 4.78 is 1.33. The molecule has 1 aromatic heterocycles. The number of nitrogens with zero attached hydrogens (tertiary/aromatic N) is 2. The Kier molecular flexibility index (Phi) is 6.28. The van der Waals surface area contributed by atoms with Crippen molar-refractivity contribution in [2.75, 3.05) is 0 Å². The zero-order valence-electron chi connectivity index (χ0n) is 16.5. The molecule has 3 N–H and O–H groups in total. The Morgan fingerprint density at radius 2 is 1.86 bits per heavy atom. The lowest BCUT2D eigenvalue weighted by atomic mass is 9.86. The molecule has 150 valence electrons. The van der Waals surface area contributed by atoms with Crippen molar-refractivity contribution in [3.63, 3.8) is 0 Å². The van der Waals surface area contributed by atoms with Crippen LogP contribution in [-0.4, -0.2) is 26.8 Å². The molecule has 3 rings (SSSR count). The van der Waals surface area contributed by atoms with E-state index in [9.17, 15) is 9.59 Å². The highest BCUT2D eigenvalue weighted by atomic mass is 32.1. The molecular weight excluding hydrogens is 374 g/mol. The highest BCUT2D eigenvalue weighted by Gasteiger charge is 2.22. The second-order valence-corrected chi connectivity index (χ2v) is 8.07. The van der Waals surface area contributed by atoms with Crippen LogP contribution < -0.4 is 21.7 Å². The van der Waals surface area contributed by atoms with E-state index < -0.39 is 5.91 Å². The summed E-state index contributed by atoms with van der Waals surface area (Å²) in [5, 5.41) is 8.94. The van der Waals surface area contributed by atoms with Crippen LogP contribution in [0, 0.1) is 5.92 Å². The molecule has 1 heterocycles. The number of aromatic nitrogens is 2. The van der Waals surface area contributed by atoms with Crippen LogP contribution in [0.25, 0.3) is 10.8 Å². The van der Waals surface area contributed by atoms with Gasteiger partial charge in [0.25, 0.3) is 11.5 Å². The number of nitrogens with one attached hydrogen (secondary N) is 3. The topological polar surface area (TPSA) is 88.1 Å². The summed E-state index contributed by atoms with van der Waals surface area (Å²) in [7, 11) is 0. The number of carbonyl (C=O) groups excluding carboxylic acids is 1. The number of hydrogen-bond acceptors (Lipinski definition) is 4. The largest absolute Gasteiger partial charge is 0.358 e. The van der Waals surface area contributed by atoms with Gasteiger partial charge in [0, 0.05) is 11.4 Å². The maximum absolute atomic E-state index is 12.8. The second kappa shape index (κ2) is 8.68. The first-order valence-corrected chi connectivity index (χ1v) is 10.2. The Bertz CT molecular complexity index is 940. The van der Waals surface area contributed by atoms with Crippen LogP contribution in [0.15, 0.2) is 29.1 Å². The summed E-state index contributed by atoms with van der Waals surface area (Å²) in [5.41, 5.74) is 5.36. The van der Waals surface area contributed by atoms with Gasteiger partial charge in [-0.3, -0.25) is 20.4 Å². The van der Waals surface area contributed by atoms with E-state index in [0.717, 1.165) is 6.42 Å². The number of amides is 1. The van der Waals surface area contributed by atoms with Crippen LogP contribution in [-0.2, 0) is 0 Å². The molecule has 28 heavy (non-hydrogen) atoms. The first-order chi connectivity index (χ1) is 13.4. The minimum absolute atomic E-state index is 0.160. The zero-order chi connectivity index (χ0) is 20.3. The van der Waals surface area contributed by atoms with Crippen molar-refractivity contribution in [3.8, 4) is 0 Å². The van der Waals surface area contributed by atoms with E-state index in [1.807, 2.05) is 13.8 Å². The monoisotopic (exact) mass is 401 g/mol. The van der Waals surface area contributed by atoms with Crippen LogP contribution in [0.3, 0.4) is 0 Å². The van der Waals surface area contributed by atoms with Gasteiger partial charge < -0.3 is 5.32 Å². The molecule has 0 spiro atoms. The predicted octanol–water partition coefficient (Wildman–Crippen LogP) is 2.67. The van der Waals surface area contributed by atoms with Crippen molar-refractivity contribution in [3.05, 3.63) is 40.3 Å². The van der Waals surface area contributed by atoms with Crippen LogP contribution >= 0.6 is 12.2 Å². The van der Waals surface area contributed by atoms with Crippen LogP contribution in [0.5, 0.6) is 0 Å². The smallest absolute Gasteiger partial charge is 0.290 e.